The van der Waals surface area contributed by atoms with Gasteiger partial charge in [-0.3, -0.25) is 19.3 Å². The molecule has 1 aliphatic carbocycles. The summed E-state index contributed by atoms with van der Waals surface area (Å²) in [6.07, 6.45) is 11.8. The van der Waals surface area contributed by atoms with Gasteiger partial charge in [0.2, 0.25) is 17.7 Å². The molecule has 8 nitrogen and oxygen atoms in total. The molecule has 0 radical (unpaired) electrons. The summed E-state index contributed by atoms with van der Waals surface area (Å²) >= 11 is 0. The molecule has 2 aromatic carbocycles. The normalized spacial score (nSPS) is 13.0. The van der Waals surface area contributed by atoms with Crippen molar-refractivity contribution < 1.29 is 14.4 Å². The molecular formula is C33H42N4O4. The number of allylic oxidation sites excluding steroid dienone is 5. The van der Waals surface area contributed by atoms with Gasteiger partial charge in [0.1, 0.15) is 0 Å². The Balaban J connectivity index is 0.00000287. The van der Waals surface area contributed by atoms with Gasteiger partial charge in [0, 0.05) is 36.3 Å². The van der Waals surface area contributed by atoms with E-state index in [0.717, 1.165) is 16.9 Å². The fraction of sp³-hybridized carbons (Fsp3) is 0.364. The number of hydrogen-bond acceptors (Lipinski definition) is 5. The van der Waals surface area contributed by atoms with Gasteiger partial charge in [0.05, 0.1) is 11.7 Å². The first-order valence-corrected chi connectivity index (χ1v) is 14.1. The zero-order valence-electron chi connectivity index (χ0n) is 24.7. The SMILES string of the molecule is CC.CC(CC(=O)NN=O)CC(C)(C)CC(=O)Nc1ccc(CC(=O)N(C2=CC=CC=CC2)c2ccccc2)cc1. The summed E-state index contributed by atoms with van der Waals surface area (Å²) in [4.78, 5) is 49.7. The lowest BCUT2D eigenvalue weighted by Crippen LogP contribution is -2.31. The van der Waals surface area contributed by atoms with E-state index in [-0.39, 0.29) is 42.4 Å². The summed E-state index contributed by atoms with van der Waals surface area (Å²) in [6, 6.07) is 16.9. The van der Waals surface area contributed by atoms with E-state index in [1.165, 1.54) is 0 Å². The molecule has 0 fully saturated rings. The van der Waals surface area contributed by atoms with E-state index < -0.39 is 5.91 Å². The topological polar surface area (TPSA) is 108 Å². The first-order chi connectivity index (χ1) is 19.7. The van der Waals surface area contributed by atoms with E-state index in [2.05, 4.69) is 10.6 Å². The Morgan fingerprint density at radius 2 is 1.63 bits per heavy atom. The van der Waals surface area contributed by atoms with E-state index >= 15 is 0 Å². The highest BCUT2D eigenvalue weighted by Gasteiger charge is 2.26. The highest BCUT2D eigenvalue weighted by molar-refractivity contribution is 5.98. The smallest absolute Gasteiger partial charge is 0.242 e. The Kier molecular flexibility index (Phi) is 13.4. The minimum Gasteiger partial charge on any atom is -0.326 e. The minimum absolute atomic E-state index is 0.0115. The average molecular weight is 559 g/mol. The van der Waals surface area contributed by atoms with Gasteiger partial charge in [0.15, 0.2) is 0 Å². The maximum absolute atomic E-state index is 13.5. The maximum atomic E-state index is 13.5. The summed E-state index contributed by atoms with van der Waals surface area (Å²) < 4.78 is 0. The lowest BCUT2D eigenvalue weighted by atomic mass is 9.79. The number of carbonyl (C=O) groups excluding carboxylic acids is 3. The van der Waals surface area contributed by atoms with Gasteiger partial charge in [-0.15, -0.1) is 4.91 Å². The Morgan fingerprint density at radius 1 is 0.951 bits per heavy atom. The molecule has 0 saturated heterocycles. The second-order valence-corrected chi connectivity index (χ2v) is 10.6. The molecule has 3 amide bonds. The van der Waals surface area contributed by atoms with Crippen LogP contribution in [0.1, 0.15) is 65.9 Å². The molecule has 2 N–H and O–H groups in total. The lowest BCUT2D eigenvalue weighted by molar-refractivity contribution is -0.122. The summed E-state index contributed by atoms with van der Waals surface area (Å²) in [6.45, 7) is 9.85. The molecule has 8 heteroatoms. The van der Waals surface area contributed by atoms with Crippen molar-refractivity contribution in [2.24, 2.45) is 16.6 Å². The van der Waals surface area contributed by atoms with Crippen LogP contribution in [0.2, 0.25) is 0 Å². The highest BCUT2D eigenvalue weighted by Crippen LogP contribution is 2.31. The predicted molar refractivity (Wildman–Crippen MR) is 166 cm³/mol. The number of amides is 3. The van der Waals surface area contributed by atoms with Crippen LogP contribution in [0.25, 0.3) is 0 Å². The summed E-state index contributed by atoms with van der Waals surface area (Å²) in [5.74, 6) is -0.612. The number of nitroso groups, excluding NO2 is 1. The van der Waals surface area contributed by atoms with E-state index in [9.17, 15) is 19.3 Å². The standard InChI is InChI=1S/C31H36N4O4.C2H6/c1-23(19-28(36)33-34-39)21-31(2,3)22-29(37)32-25-17-15-24(16-18-25)20-30(38)35(27-13-9-6-10-14-27)26-11-7-4-5-8-12-26;1-2/h4-11,13-18,23H,12,19-22H2,1-3H3,(H,32,37)(H,33,36,39);1-2H3. The van der Waals surface area contributed by atoms with Crippen LogP contribution in [0.15, 0.2) is 96.0 Å². The van der Waals surface area contributed by atoms with Crippen LogP contribution in [-0.2, 0) is 20.8 Å². The molecule has 1 unspecified atom stereocenters. The van der Waals surface area contributed by atoms with Crippen molar-refractivity contribution in [3.8, 4) is 0 Å². The zero-order valence-corrected chi connectivity index (χ0v) is 24.7. The third-order valence-electron chi connectivity index (χ3n) is 6.36. The molecular weight excluding hydrogens is 516 g/mol. The molecule has 0 aromatic heterocycles. The number of benzene rings is 2. The van der Waals surface area contributed by atoms with Gasteiger partial charge in [0.25, 0.3) is 0 Å². The van der Waals surface area contributed by atoms with Crippen molar-refractivity contribution >= 4 is 29.1 Å². The molecule has 0 heterocycles. The highest BCUT2D eigenvalue weighted by atomic mass is 16.3. The Bertz CT molecular complexity index is 1250. The second kappa shape index (κ2) is 16.7. The van der Waals surface area contributed by atoms with Crippen molar-refractivity contribution in [1.29, 1.82) is 0 Å². The van der Waals surface area contributed by atoms with Gasteiger partial charge in [-0.2, -0.15) is 0 Å². The van der Waals surface area contributed by atoms with Gasteiger partial charge in [-0.25, -0.2) is 5.43 Å². The second-order valence-electron chi connectivity index (χ2n) is 10.6. The van der Waals surface area contributed by atoms with Crippen LogP contribution < -0.4 is 15.6 Å². The van der Waals surface area contributed by atoms with Crippen molar-refractivity contribution in [2.75, 3.05) is 10.2 Å². The largest absolute Gasteiger partial charge is 0.326 e. The molecule has 0 spiro atoms. The van der Waals surface area contributed by atoms with Crippen LogP contribution in [0.3, 0.4) is 0 Å². The maximum Gasteiger partial charge on any atom is 0.242 e. The fourth-order valence-corrected chi connectivity index (χ4v) is 4.88. The number of nitrogens with one attached hydrogen (secondary N) is 2. The Hall–Kier alpha value is -4.33. The molecule has 0 saturated carbocycles. The van der Waals surface area contributed by atoms with Gasteiger partial charge < -0.3 is 5.32 Å². The Morgan fingerprint density at radius 3 is 2.29 bits per heavy atom. The third-order valence-corrected chi connectivity index (χ3v) is 6.36. The van der Waals surface area contributed by atoms with Gasteiger partial charge >= 0.3 is 0 Å². The minimum atomic E-state index is -0.428. The average Bonchev–Trinajstić information content (AvgIpc) is 3.20. The number of para-hydroxylation sites is 1. The van der Waals surface area contributed by atoms with Crippen molar-refractivity contribution in [3.05, 3.63) is 101 Å². The van der Waals surface area contributed by atoms with Crippen LogP contribution in [0.4, 0.5) is 11.4 Å². The molecule has 1 atom stereocenters. The van der Waals surface area contributed by atoms with Gasteiger partial charge in [-0.1, -0.05) is 89.3 Å². The number of nitrogens with zero attached hydrogens (tertiary/aromatic N) is 2. The van der Waals surface area contributed by atoms with Crippen LogP contribution in [-0.4, -0.2) is 17.7 Å². The molecule has 218 valence electrons. The molecule has 3 rings (SSSR count). The van der Waals surface area contributed by atoms with Crippen molar-refractivity contribution in [1.82, 2.24) is 5.43 Å². The molecule has 0 aliphatic heterocycles. The van der Waals surface area contributed by atoms with E-state index in [1.807, 2.05) is 113 Å². The van der Waals surface area contributed by atoms with Gasteiger partial charge in [-0.05, 0) is 53.7 Å². The molecule has 0 bridgehead atoms. The fourth-order valence-electron chi connectivity index (χ4n) is 4.88. The monoisotopic (exact) mass is 558 g/mol. The number of anilines is 2. The zero-order chi connectivity index (χ0) is 30.3. The first-order valence-electron chi connectivity index (χ1n) is 14.1. The molecule has 1 aliphatic rings. The van der Waals surface area contributed by atoms with E-state index in [4.69, 9.17) is 0 Å². The molecule has 2 aromatic rings. The quantitative estimate of drug-likeness (QED) is 0.211. The van der Waals surface area contributed by atoms with E-state index in [0.29, 0.717) is 18.5 Å². The lowest BCUT2D eigenvalue weighted by Gasteiger charge is -2.27. The van der Waals surface area contributed by atoms with Crippen LogP contribution in [0.5, 0.6) is 0 Å². The number of rotatable bonds is 12. The van der Waals surface area contributed by atoms with E-state index in [1.54, 1.807) is 17.0 Å². The van der Waals surface area contributed by atoms with Crippen molar-refractivity contribution in [3.63, 3.8) is 0 Å². The predicted octanol–water partition coefficient (Wildman–Crippen LogP) is 7.26. The summed E-state index contributed by atoms with van der Waals surface area (Å²) in [7, 11) is 0. The number of hydrogen-bond donors (Lipinski definition) is 2. The Labute approximate surface area is 243 Å². The summed E-state index contributed by atoms with van der Waals surface area (Å²) in [5.41, 5.74) is 4.78. The van der Waals surface area contributed by atoms with Crippen LogP contribution in [0, 0.1) is 16.2 Å². The first kappa shape index (κ1) is 32.9. The third kappa shape index (κ3) is 11.4. The summed E-state index contributed by atoms with van der Waals surface area (Å²) in [5, 5.41) is 5.33. The van der Waals surface area contributed by atoms with Crippen molar-refractivity contribution in [2.45, 2.75) is 66.7 Å². The molecule has 41 heavy (non-hydrogen) atoms. The van der Waals surface area contributed by atoms with Crippen LogP contribution >= 0.6 is 0 Å². The number of carbonyl (C=O) groups is 3.